The summed E-state index contributed by atoms with van der Waals surface area (Å²) in [5.41, 5.74) is 4.85. The molecule has 1 unspecified atom stereocenters. The Bertz CT molecular complexity index is 1190. The fraction of sp³-hybridized carbons (Fsp3) is 0.458. The van der Waals surface area contributed by atoms with Crippen molar-refractivity contribution in [1.29, 1.82) is 0 Å². The minimum atomic E-state index is -1.33. The molecule has 5 N–H and O–H groups in total. The number of phenols is 1. The number of allylic oxidation sites excluding steroid dienone is 1. The minimum absolute atomic E-state index is 0.0336. The Kier molecular flexibility index (Phi) is 5.77. The normalized spacial score (nSPS) is 26.7. The predicted molar refractivity (Wildman–Crippen MR) is 120 cm³/mol. The van der Waals surface area contributed by atoms with Crippen LogP contribution in [0.3, 0.4) is 0 Å². The number of aliphatic hydroxyl groups is 2. The molecule has 0 saturated heterocycles. The number of carbonyl (C=O) groups excluding carboxylic acids is 3. The number of nitrogens with two attached hydrogens (primary N) is 1. The fourth-order valence-electron chi connectivity index (χ4n) is 5.82. The summed E-state index contributed by atoms with van der Waals surface area (Å²) < 4.78 is 15.4. The van der Waals surface area contributed by atoms with Gasteiger partial charge in [-0.05, 0) is 58.9 Å². The molecule has 0 bridgehead atoms. The Balaban J connectivity index is 1.88. The van der Waals surface area contributed by atoms with Crippen LogP contribution in [0.15, 0.2) is 23.0 Å². The number of fused-ring (bicyclic) bond motifs is 3. The lowest BCUT2D eigenvalue weighted by Crippen LogP contribution is -2.55. The molecule has 3 aliphatic carbocycles. The first-order valence-corrected chi connectivity index (χ1v) is 11.0. The molecular weight excluding hydrogens is 445 g/mol. The second-order valence-electron chi connectivity index (χ2n) is 9.76. The number of aliphatic hydroxyl groups excluding tert-OH is 2. The molecule has 4 atom stereocenters. The third-order valence-corrected chi connectivity index (χ3v) is 7.06. The van der Waals surface area contributed by atoms with Crippen molar-refractivity contribution in [3.63, 3.8) is 0 Å². The number of hydrogen-bond donors (Lipinski definition) is 4. The van der Waals surface area contributed by atoms with Crippen molar-refractivity contribution in [2.24, 2.45) is 23.5 Å². The van der Waals surface area contributed by atoms with Crippen molar-refractivity contribution in [3.8, 4) is 5.75 Å². The summed E-state index contributed by atoms with van der Waals surface area (Å²) in [6.45, 7) is 0.226. The third kappa shape index (κ3) is 3.40. The number of primary amides is 1. The number of amides is 1. The minimum Gasteiger partial charge on any atom is -0.510 e. The van der Waals surface area contributed by atoms with Crippen LogP contribution in [0.1, 0.15) is 23.1 Å². The van der Waals surface area contributed by atoms with Crippen LogP contribution in [0.5, 0.6) is 5.75 Å². The molecule has 10 heteroatoms. The smallest absolute Gasteiger partial charge is 0.255 e. The van der Waals surface area contributed by atoms with E-state index in [2.05, 4.69) is 0 Å². The second-order valence-corrected chi connectivity index (χ2v) is 9.76. The van der Waals surface area contributed by atoms with Crippen molar-refractivity contribution >= 4 is 23.2 Å². The van der Waals surface area contributed by atoms with Gasteiger partial charge in [-0.15, -0.1) is 0 Å². The van der Waals surface area contributed by atoms with Gasteiger partial charge in [0.1, 0.15) is 28.7 Å². The number of benzene rings is 1. The van der Waals surface area contributed by atoms with Crippen molar-refractivity contribution < 1.29 is 34.1 Å². The molecule has 0 aromatic heterocycles. The average molecular weight is 474 g/mol. The molecule has 3 aliphatic rings. The first-order valence-electron chi connectivity index (χ1n) is 11.0. The van der Waals surface area contributed by atoms with Crippen LogP contribution >= 0.6 is 0 Å². The van der Waals surface area contributed by atoms with Gasteiger partial charge in [-0.25, -0.2) is 4.39 Å². The van der Waals surface area contributed by atoms with E-state index in [1.165, 1.54) is 6.07 Å². The summed E-state index contributed by atoms with van der Waals surface area (Å²) in [6, 6.07) is 0.388. The Morgan fingerprint density at radius 2 is 1.79 bits per heavy atom. The maximum Gasteiger partial charge on any atom is 0.255 e. The summed E-state index contributed by atoms with van der Waals surface area (Å²) in [6.07, 6.45) is 0.212. The van der Waals surface area contributed by atoms with E-state index in [0.717, 1.165) is 0 Å². The number of hydrogen-bond acceptors (Lipinski definition) is 8. The number of nitrogens with zero attached hydrogens (tertiary/aromatic N) is 2. The highest BCUT2D eigenvalue weighted by Gasteiger charge is 2.55. The number of aromatic hydroxyl groups is 1. The maximum atomic E-state index is 15.4. The number of ketones is 2. The number of phenolic OH excluding ortho intramolecular Hbond substituents is 1. The molecule has 4 rings (SSSR count). The highest BCUT2D eigenvalue weighted by Crippen LogP contribution is 2.50. The predicted octanol–water partition coefficient (Wildman–Crippen LogP) is 1.05. The van der Waals surface area contributed by atoms with Gasteiger partial charge >= 0.3 is 0 Å². The van der Waals surface area contributed by atoms with Gasteiger partial charge in [0.05, 0.1) is 17.5 Å². The van der Waals surface area contributed by atoms with Gasteiger partial charge in [0, 0.05) is 23.2 Å². The second kappa shape index (κ2) is 8.21. The lowest BCUT2D eigenvalue weighted by atomic mass is 9.59. The van der Waals surface area contributed by atoms with Crippen molar-refractivity contribution in [3.05, 3.63) is 45.5 Å². The summed E-state index contributed by atoms with van der Waals surface area (Å²) in [7, 11) is 6.79. The molecule has 1 fully saturated rings. The molecular formula is C24H28FN3O6. The van der Waals surface area contributed by atoms with E-state index >= 15 is 4.39 Å². The Morgan fingerprint density at radius 3 is 2.35 bits per heavy atom. The Morgan fingerprint density at radius 1 is 1.15 bits per heavy atom. The van der Waals surface area contributed by atoms with Gasteiger partial charge in [-0.3, -0.25) is 19.3 Å². The number of rotatable bonds is 4. The lowest BCUT2D eigenvalue weighted by Gasteiger charge is -2.46. The van der Waals surface area contributed by atoms with E-state index in [-0.39, 0.29) is 47.4 Å². The van der Waals surface area contributed by atoms with Crippen LogP contribution in [-0.4, -0.2) is 76.8 Å². The van der Waals surface area contributed by atoms with Crippen molar-refractivity contribution in [2.75, 3.05) is 28.2 Å². The fourth-order valence-corrected chi connectivity index (χ4v) is 5.82. The van der Waals surface area contributed by atoms with Gasteiger partial charge in [0.15, 0.2) is 11.6 Å². The first kappa shape index (κ1) is 23.9. The molecule has 1 aromatic rings. The van der Waals surface area contributed by atoms with Gasteiger partial charge in [-0.1, -0.05) is 0 Å². The van der Waals surface area contributed by atoms with Crippen LogP contribution in [-0.2, 0) is 27.3 Å². The van der Waals surface area contributed by atoms with E-state index in [1.807, 2.05) is 0 Å². The Labute approximate surface area is 195 Å². The van der Waals surface area contributed by atoms with Crippen LogP contribution < -0.4 is 5.73 Å². The third-order valence-electron chi connectivity index (χ3n) is 7.06. The number of carbonyl (C=O) groups is 3. The topological polar surface area (TPSA) is 144 Å². The van der Waals surface area contributed by atoms with E-state index in [4.69, 9.17) is 5.73 Å². The summed E-state index contributed by atoms with van der Waals surface area (Å²) in [5.74, 6) is -7.37. The van der Waals surface area contributed by atoms with Crippen LogP contribution in [0.25, 0.3) is 5.76 Å². The van der Waals surface area contributed by atoms with Gasteiger partial charge in [-0.2, -0.15) is 0 Å². The molecule has 1 amide bonds. The molecule has 9 nitrogen and oxygen atoms in total. The average Bonchev–Trinajstić information content (AvgIpc) is 2.70. The monoisotopic (exact) mass is 473 g/mol. The molecule has 1 saturated carbocycles. The van der Waals surface area contributed by atoms with Crippen molar-refractivity contribution in [1.82, 2.24) is 9.80 Å². The van der Waals surface area contributed by atoms with Gasteiger partial charge in [0.25, 0.3) is 5.91 Å². The summed E-state index contributed by atoms with van der Waals surface area (Å²) >= 11 is 0. The standard InChI is InChI=1S/C24H28FN3O6/c1-27(2)8-10-7-13(29)15-11(18(10)25)5-9-6-12-16(21(31)14(9)20(15)30)22(32)17(24(26)34)23(33)19(12)28(3)4/h7,9,12,16,19,29-30,33H,5-6,8H2,1-4H3,(H2,26,34)/t9-,12+,16?,19-/m0/s1. The molecule has 1 aromatic carbocycles. The maximum absolute atomic E-state index is 15.4. The highest BCUT2D eigenvalue weighted by molar-refractivity contribution is 6.28. The van der Waals surface area contributed by atoms with Crippen LogP contribution in [0.2, 0.25) is 0 Å². The quantitative estimate of drug-likeness (QED) is 0.375. The largest absolute Gasteiger partial charge is 0.510 e. The number of halogens is 1. The zero-order chi connectivity index (χ0) is 25.2. The van der Waals surface area contributed by atoms with Crippen LogP contribution in [0, 0.1) is 23.6 Å². The highest BCUT2D eigenvalue weighted by atomic mass is 19.1. The van der Waals surface area contributed by atoms with E-state index in [1.54, 1.807) is 38.0 Å². The van der Waals surface area contributed by atoms with E-state index in [9.17, 15) is 29.7 Å². The Hall–Kier alpha value is -3.24. The number of Topliss-reactive ketones (excluding diaryl/α,β-unsaturated/α-hetero) is 2. The zero-order valence-electron chi connectivity index (χ0n) is 19.4. The first-order chi connectivity index (χ1) is 15.9. The van der Waals surface area contributed by atoms with Gasteiger partial charge < -0.3 is 26.0 Å². The molecule has 0 heterocycles. The van der Waals surface area contributed by atoms with Crippen molar-refractivity contribution in [2.45, 2.75) is 25.4 Å². The summed E-state index contributed by atoms with van der Waals surface area (Å²) in [4.78, 5) is 42.0. The zero-order valence-corrected chi connectivity index (χ0v) is 19.4. The van der Waals surface area contributed by atoms with E-state index < -0.39 is 64.2 Å². The number of likely N-dealkylation sites (N-methyl/N-ethyl adjacent to an activating group) is 1. The van der Waals surface area contributed by atoms with Crippen LogP contribution in [0.4, 0.5) is 4.39 Å². The lowest BCUT2D eigenvalue weighted by molar-refractivity contribution is -0.136. The summed E-state index contributed by atoms with van der Waals surface area (Å²) in [5, 5.41) is 32.4. The molecule has 182 valence electrons. The molecule has 0 aliphatic heterocycles. The molecule has 0 spiro atoms. The van der Waals surface area contributed by atoms with E-state index in [0.29, 0.717) is 0 Å². The molecule has 0 radical (unpaired) electrons. The SMILES string of the molecule is CN(C)Cc1cc(O)c2c(c1F)C[C@H]1C[C@@H]3C(C(=O)C(C(N)=O)=C(O)[C@H]3N(C)C)C(=O)C1=C2O. The molecule has 34 heavy (non-hydrogen) atoms. The van der Waals surface area contributed by atoms with Gasteiger partial charge in [0.2, 0.25) is 0 Å².